The lowest BCUT2D eigenvalue weighted by molar-refractivity contribution is 0.598. The molecule has 0 spiro atoms. The predicted octanol–water partition coefficient (Wildman–Crippen LogP) is 2.73. The van der Waals surface area contributed by atoms with E-state index in [0.29, 0.717) is 0 Å². The quantitative estimate of drug-likeness (QED) is 0.848. The number of hydrogen-bond donors (Lipinski definition) is 2. The van der Waals surface area contributed by atoms with Crippen LogP contribution >= 0.6 is 11.6 Å². The third kappa shape index (κ3) is 3.24. The van der Waals surface area contributed by atoms with E-state index in [1.807, 2.05) is 0 Å². The molecule has 0 saturated carbocycles. The van der Waals surface area contributed by atoms with Crippen molar-refractivity contribution < 1.29 is 12.8 Å². The molecule has 0 aromatic heterocycles. The number of anilines is 2. The molecule has 0 aliphatic heterocycles. The predicted molar refractivity (Wildman–Crippen MR) is 77.8 cm³/mol. The van der Waals surface area contributed by atoms with Crippen LogP contribution in [0.15, 0.2) is 41.3 Å². The molecule has 2 rings (SSSR count). The van der Waals surface area contributed by atoms with Crippen molar-refractivity contribution in [1.29, 1.82) is 5.26 Å². The molecule has 0 aliphatic carbocycles. The van der Waals surface area contributed by atoms with Gasteiger partial charge in [0.05, 0.1) is 22.3 Å². The lowest BCUT2D eigenvalue weighted by Gasteiger charge is -2.11. The van der Waals surface area contributed by atoms with Gasteiger partial charge in [-0.2, -0.15) is 5.26 Å². The third-order valence-electron chi connectivity index (χ3n) is 2.58. The molecule has 5 nitrogen and oxygen atoms in total. The van der Waals surface area contributed by atoms with E-state index in [9.17, 15) is 12.8 Å². The Balaban J connectivity index is 2.48. The van der Waals surface area contributed by atoms with Gasteiger partial charge in [-0.3, -0.25) is 4.72 Å². The van der Waals surface area contributed by atoms with Gasteiger partial charge in [-0.15, -0.1) is 0 Å². The maximum atomic E-state index is 13.6. The summed E-state index contributed by atoms with van der Waals surface area (Å²) in [6.45, 7) is 0. The Hall–Kier alpha value is -2.30. The zero-order valence-corrected chi connectivity index (χ0v) is 12.0. The van der Waals surface area contributed by atoms with Crippen molar-refractivity contribution in [2.24, 2.45) is 0 Å². The highest BCUT2D eigenvalue weighted by molar-refractivity contribution is 7.92. The molecule has 2 aromatic carbocycles. The molecule has 0 unspecified atom stereocenters. The van der Waals surface area contributed by atoms with Crippen molar-refractivity contribution in [2.75, 3.05) is 10.5 Å². The number of nitrogens with two attached hydrogens (primary N) is 1. The number of nitrogens with zero attached hydrogens (tertiary/aromatic N) is 1. The normalized spacial score (nSPS) is 10.9. The highest BCUT2D eigenvalue weighted by Crippen LogP contribution is 2.26. The van der Waals surface area contributed by atoms with E-state index < -0.39 is 15.8 Å². The molecule has 108 valence electrons. The average molecular weight is 326 g/mol. The largest absolute Gasteiger partial charge is 0.399 e. The summed E-state index contributed by atoms with van der Waals surface area (Å²) in [6, 6.07) is 9.06. The van der Waals surface area contributed by atoms with Gasteiger partial charge in [-0.1, -0.05) is 11.6 Å². The molecule has 21 heavy (non-hydrogen) atoms. The summed E-state index contributed by atoms with van der Waals surface area (Å²) in [5.41, 5.74) is 5.51. The Morgan fingerprint density at radius 3 is 2.62 bits per heavy atom. The van der Waals surface area contributed by atoms with Crippen molar-refractivity contribution in [3.8, 4) is 6.07 Å². The van der Waals surface area contributed by atoms with Crippen molar-refractivity contribution in [2.45, 2.75) is 4.90 Å². The molecule has 0 atom stereocenters. The number of benzene rings is 2. The Kier molecular flexibility index (Phi) is 4.02. The smallest absolute Gasteiger partial charge is 0.263 e. The number of sulfonamides is 1. The van der Waals surface area contributed by atoms with Crippen LogP contribution in [0.3, 0.4) is 0 Å². The maximum absolute atomic E-state index is 13.6. The van der Waals surface area contributed by atoms with Crippen LogP contribution in [0.5, 0.6) is 0 Å². The minimum absolute atomic E-state index is 0.0780. The number of rotatable bonds is 3. The molecule has 3 N–H and O–H groups in total. The standard InChI is InChI=1S/C13H9ClFN3O2S/c14-10-3-1-8(7-16)5-13(10)21(19,20)18-12-6-9(17)2-4-11(12)15/h1-6,18H,17H2. The number of nitriles is 1. The summed E-state index contributed by atoms with van der Waals surface area (Å²) >= 11 is 5.83. The second kappa shape index (κ2) is 5.60. The van der Waals surface area contributed by atoms with Gasteiger partial charge in [0.1, 0.15) is 10.7 Å². The monoisotopic (exact) mass is 325 g/mol. The highest BCUT2D eigenvalue weighted by Gasteiger charge is 2.20. The van der Waals surface area contributed by atoms with Crippen molar-refractivity contribution in [3.63, 3.8) is 0 Å². The summed E-state index contributed by atoms with van der Waals surface area (Å²) in [5, 5.41) is 8.73. The SMILES string of the molecule is N#Cc1ccc(Cl)c(S(=O)(=O)Nc2cc(N)ccc2F)c1. The fourth-order valence-corrected chi connectivity index (χ4v) is 3.18. The summed E-state index contributed by atoms with van der Waals surface area (Å²) in [7, 11) is -4.14. The van der Waals surface area contributed by atoms with Gasteiger partial charge in [0, 0.05) is 5.69 Å². The molecule has 0 heterocycles. The van der Waals surface area contributed by atoms with Gasteiger partial charge < -0.3 is 5.73 Å². The van der Waals surface area contributed by atoms with E-state index in [0.717, 1.165) is 18.2 Å². The molecule has 0 aliphatic rings. The van der Waals surface area contributed by atoms with E-state index in [2.05, 4.69) is 4.72 Å². The van der Waals surface area contributed by atoms with Gasteiger partial charge in [0.2, 0.25) is 0 Å². The minimum Gasteiger partial charge on any atom is -0.399 e. The zero-order chi connectivity index (χ0) is 15.6. The Labute approximate surface area is 125 Å². The number of nitrogens with one attached hydrogen (secondary N) is 1. The second-order valence-corrected chi connectivity index (χ2v) is 6.16. The molecule has 0 amide bonds. The minimum atomic E-state index is -4.14. The molecule has 0 radical (unpaired) electrons. The van der Waals surface area contributed by atoms with E-state index >= 15 is 0 Å². The molecule has 2 aromatic rings. The highest BCUT2D eigenvalue weighted by atomic mass is 35.5. The van der Waals surface area contributed by atoms with E-state index in [-0.39, 0.29) is 26.9 Å². The second-order valence-electron chi connectivity index (χ2n) is 4.10. The van der Waals surface area contributed by atoms with Crippen LogP contribution in [0.4, 0.5) is 15.8 Å². The fourth-order valence-electron chi connectivity index (χ4n) is 1.60. The number of nitrogen functional groups attached to an aromatic ring is 1. The van der Waals surface area contributed by atoms with Crippen LogP contribution < -0.4 is 10.5 Å². The van der Waals surface area contributed by atoms with Crippen LogP contribution in [0, 0.1) is 17.1 Å². The number of hydrogen-bond acceptors (Lipinski definition) is 4. The molecule has 0 fully saturated rings. The van der Waals surface area contributed by atoms with Gasteiger partial charge in [-0.25, -0.2) is 12.8 Å². The number of halogens is 2. The first-order valence-corrected chi connectivity index (χ1v) is 7.47. The zero-order valence-electron chi connectivity index (χ0n) is 10.5. The third-order valence-corrected chi connectivity index (χ3v) is 4.43. The van der Waals surface area contributed by atoms with Crippen molar-refractivity contribution >= 4 is 33.0 Å². The van der Waals surface area contributed by atoms with Crippen LogP contribution in [-0.2, 0) is 10.0 Å². The summed E-state index contributed by atoms with van der Waals surface area (Å²) < 4.78 is 40.1. The first-order chi connectivity index (χ1) is 9.83. The van der Waals surface area contributed by atoms with E-state index in [1.54, 1.807) is 6.07 Å². The van der Waals surface area contributed by atoms with Crippen molar-refractivity contribution in [1.82, 2.24) is 0 Å². The molecular formula is C13H9ClFN3O2S. The van der Waals surface area contributed by atoms with Crippen LogP contribution in [-0.4, -0.2) is 8.42 Å². The van der Waals surface area contributed by atoms with Crippen LogP contribution in [0.2, 0.25) is 5.02 Å². The topological polar surface area (TPSA) is 96.0 Å². The van der Waals surface area contributed by atoms with E-state index in [1.165, 1.54) is 18.2 Å². The molecule has 0 bridgehead atoms. The van der Waals surface area contributed by atoms with Gasteiger partial charge >= 0.3 is 0 Å². The average Bonchev–Trinajstić information content (AvgIpc) is 2.43. The Morgan fingerprint density at radius 2 is 1.95 bits per heavy atom. The first-order valence-electron chi connectivity index (χ1n) is 5.61. The van der Waals surface area contributed by atoms with Crippen LogP contribution in [0.25, 0.3) is 0 Å². The lowest BCUT2D eigenvalue weighted by atomic mass is 10.2. The molecular weight excluding hydrogens is 317 g/mol. The fraction of sp³-hybridized carbons (Fsp3) is 0. The van der Waals surface area contributed by atoms with Crippen LogP contribution in [0.1, 0.15) is 5.56 Å². The lowest BCUT2D eigenvalue weighted by Crippen LogP contribution is -2.15. The first kappa shape index (κ1) is 15.1. The van der Waals surface area contributed by atoms with E-state index in [4.69, 9.17) is 22.6 Å². The van der Waals surface area contributed by atoms with Gasteiger partial charge in [0.15, 0.2) is 0 Å². The summed E-state index contributed by atoms with van der Waals surface area (Å²) in [4.78, 5) is -0.315. The molecule has 0 saturated heterocycles. The Bertz CT molecular complexity index is 847. The summed E-state index contributed by atoms with van der Waals surface area (Å²) in [6.07, 6.45) is 0. The Morgan fingerprint density at radius 1 is 1.24 bits per heavy atom. The molecule has 8 heteroatoms. The summed E-state index contributed by atoms with van der Waals surface area (Å²) in [5.74, 6) is -0.777. The van der Waals surface area contributed by atoms with Gasteiger partial charge in [-0.05, 0) is 36.4 Å². The van der Waals surface area contributed by atoms with Crippen molar-refractivity contribution in [3.05, 3.63) is 52.8 Å². The maximum Gasteiger partial charge on any atom is 0.263 e. The van der Waals surface area contributed by atoms with Gasteiger partial charge in [0.25, 0.3) is 10.0 Å².